The van der Waals surface area contributed by atoms with Crippen LogP contribution in [0, 0.1) is 21.4 Å². The van der Waals surface area contributed by atoms with E-state index in [1.807, 2.05) is 12.1 Å². The maximum Gasteiger partial charge on any atom is 0.269 e. The smallest absolute Gasteiger partial charge is 0.269 e. The van der Waals surface area contributed by atoms with Crippen molar-refractivity contribution >= 4 is 37.5 Å². The highest BCUT2D eigenvalue weighted by atomic mass is 79.9. The molecule has 0 unspecified atom stereocenters. The summed E-state index contributed by atoms with van der Waals surface area (Å²) in [5.41, 5.74) is 8.48. The number of halogens is 2. The summed E-state index contributed by atoms with van der Waals surface area (Å²) < 4.78 is 23.9. The molecule has 2 aliphatic heterocycles. The van der Waals surface area contributed by atoms with Crippen molar-refractivity contribution in [2.75, 3.05) is 6.79 Å². The normalized spacial score (nSPS) is 15.7. The lowest BCUT2D eigenvalue weighted by Gasteiger charge is -2.27. The molecule has 0 spiro atoms. The van der Waals surface area contributed by atoms with Crippen LogP contribution in [0.4, 0.5) is 5.69 Å². The Bertz CT molecular complexity index is 1430. The van der Waals surface area contributed by atoms with Gasteiger partial charge in [0.15, 0.2) is 11.5 Å². The van der Waals surface area contributed by atoms with E-state index in [2.05, 4.69) is 37.9 Å². The first-order valence-electron chi connectivity index (χ1n) is 10.2. The standard InChI is InChI=1S/C24H15Br2N3O6/c25-17-5-13(6-18(26)23(17)32-10-12-2-1-3-14(4-12)29(30)31)22-15-7-20-21(34-11-33-20)8-19(15)35-24(28)16(22)9-27/h1-8,22H,10-11,28H2/t22-/m1/s1. The van der Waals surface area contributed by atoms with Gasteiger partial charge in [-0.25, -0.2) is 0 Å². The molecule has 3 aromatic rings. The predicted molar refractivity (Wildman–Crippen MR) is 131 cm³/mol. The highest BCUT2D eigenvalue weighted by Gasteiger charge is 2.34. The van der Waals surface area contributed by atoms with Gasteiger partial charge < -0.3 is 24.7 Å². The topological polar surface area (TPSA) is 130 Å². The molecule has 0 saturated carbocycles. The molecule has 2 heterocycles. The maximum absolute atomic E-state index is 11.0. The Labute approximate surface area is 216 Å². The maximum atomic E-state index is 11.0. The number of hydrogen-bond acceptors (Lipinski definition) is 8. The van der Waals surface area contributed by atoms with Crippen LogP contribution < -0.4 is 24.7 Å². The number of allylic oxidation sites excluding steroid dienone is 1. The highest BCUT2D eigenvalue weighted by molar-refractivity contribution is 9.11. The molecule has 11 heteroatoms. The van der Waals surface area contributed by atoms with Crippen LogP contribution in [-0.2, 0) is 6.61 Å². The number of nitrogens with zero attached hydrogens (tertiary/aromatic N) is 2. The number of fused-ring (bicyclic) bond motifs is 2. The lowest BCUT2D eigenvalue weighted by atomic mass is 9.83. The molecular formula is C24H15Br2N3O6. The fourth-order valence-electron chi connectivity index (χ4n) is 3.99. The number of hydrogen-bond donors (Lipinski definition) is 1. The van der Waals surface area contributed by atoms with Gasteiger partial charge >= 0.3 is 0 Å². The molecular weight excluding hydrogens is 586 g/mol. The molecule has 176 valence electrons. The minimum atomic E-state index is -0.517. The fraction of sp³-hybridized carbons (Fsp3) is 0.125. The van der Waals surface area contributed by atoms with E-state index in [0.29, 0.717) is 43.1 Å². The van der Waals surface area contributed by atoms with E-state index in [9.17, 15) is 15.4 Å². The summed E-state index contributed by atoms with van der Waals surface area (Å²) in [6.45, 7) is 0.225. The van der Waals surface area contributed by atoms with Crippen LogP contribution >= 0.6 is 31.9 Å². The summed E-state index contributed by atoms with van der Waals surface area (Å²) in [5.74, 6) is 1.59. The van der Waals surface area contributed by atoms with Crippen molar-refractivity contribution in [3.05, 3.63) is 95.7 Å². The van der Waals surface area contributed by atoms with Crippen molar-refractivity contribution in [3.63, 3.8) is 0 Å². The molecule has 0 amide bonds. The third-order valence-electron chi connectivity index (χ3n) is 5.57. The molecule has 0 aromatic heterocycles. The number of nitrogens with two attached hydrogens (primary N) is 1. The second-order valence-corrected chi connectivity index (χ2v) is 9.41. The molecule has 5 rings (SSSR count). The zero-order chi connectivity index (χ0) is 24.7. The van der Waals surface area contributed by atoms with E-state index < -0.39 is 10.8 Å². The van der Waals surface area contributed by atoms with Gasteiger partial charge in [-0.15, -0.1) is 0 Å². The first-order valence-corrected chi connectivity index (χ1v) is 11.8. The van der Waals surface area contributed by atoms with Crippen LogP contribution in [0.2, 0.25) is 0 Å². The van der Waals surface area contributed by atoms with Gasteiger partial charge in [-0.05, 0) is 61.2 Å². The van der Waals surface area contributed by atoms with Gasteiger partial charge in [-0.2, -0.15) is 5.26 Å². The Balaban J connectivity index is 1.50. The summed E-state index contributed by atoms with van der Waals surface area (Å²) >= 11 is 7.11. The van der Waals surface area contributed by atoms with Gasteiger partial charge in [0.25, 0.3) is 5.69 Å². The van der Waals surface area contributed by atoms with E-state index >= 15 is 0 Å². The van der Waals surface area contributed by atoms with Crippen molar-refractivity contribution in [1.29, 1.82) is 5.26 Å². The Kier molecular flexibility index (Phi) is 6.00. The Morgan fingerprint density at radius 3 is 2.51 bits per heavy atom. The predicted octanol–water partition coefficient (Wildman–Crippen LogP) is 5.65. The first-order chi connectivity index (χ1) is 16.9. The monoisotopic (exact) mass is 599 g/mol. The third kappa shape index (κ3) is 4.26. The zero-order valence-corrected chi connectivity index (χ0v) is 21.0. The van der Waals surface area contributed by atoms with Gasteiger partial charge in [-0.3, -0.25) is 10.1 Å². The molecule has 9 nitrogen and oxygen atoms in total. The Hall–Kier alpha value is -3.75. The van der Waals surface area contributed by atoms with Gasteiger partial charge in [0, 0.05) is 23.8 Å². The third-order valence-corrected chi connectivity index (χ3v) is 6.75. The van der Waals surface area contributed by atoms with Crippen molar-refractivity contribution < 1.29 is 23.9 Å². The molecule has 0 radical (unpaired) electrons. The van der Waals surface area contributed by atoms with E-state index in [-0.39, 0.29) is 30.5 Å². The Morgan fingerprint density at radius 2 is 1.83 bits per heavy atom. The number of rotatable bonds is 5. The number of benzene rings is 3. The van der Waals surface area contributed by atoms with Crippen LogP contribution in [0.3, 0.4) is 0 Å². The minimum Gasteiger partial charge on any atom is -0.487 e. The highest BCUT2D eigenvalue weighted by Crippen LogP contribution is 2.49. The average molecular weight is 601 g/mol. The molecule has 0 saturated heterocycles. The molecule has 2 N–H and O–H groups in total. The first kappa shape index (κ1) is 23.0. The van der Waals surface area contributed by atoms with Gasteiger partial charge in [0.2, 0.25) is 12.7 Å². The number of nitro groups is 1. The molecule has 0 aliphatic carbocycles. The van der Waals surface area contributed by atoms with Gasteiger partial charge in [-0.1, -0.05) is 12.1 Å². The van der Waals surface area contributed by atoms with Crippen molar-refractivity contribution in [2.24, 2.45) is 5.73 Å². The molecule has 0 bridgehead atoms. The van der Waals surface area contributed by atoms with Crippen LogP contribution in [0.5, 0.6) is 23.0 Å². The van der Waals surface area contributed by atoms with Crippen molar-refractivity contribution in [3.8, 4) is 29.1 Å². The summed E-state index contributed by atoms with van der Waals surface area (Å²) in [6, 6.07) is 15.6. The number of non-ortho nitro benzene ring substituents is 1. The van der Waals surface area contributed by atoms with Crippen LogP contribution in [0.15, 0.2) is 68.9 Å². The molecule has 35 heavy (non-hydrogen) atoms. The molecule has 0 fully saturated rings. The number of ether oxygens (including phenoxy) is 4. The molecule has 3 aromatic carbocycles. The zero-order valence-electron chi connectivity index (χ0n) is 17.8. The van der Waals surface area contributed by atoms with Crippen LogP contribution in [0.1, 0.15) is 22.6 Å². The van der Waals surface area contributed by atoms with E-state index in [1.165, 1.54) is 12.1 Å². The van der Waals surface area contributed by atoms with Crippen LogP contribution in [-0.4, -0.2) is 11.7 Å². The lowest BCUT2D eigenvalue weighted by molar-refractivity contribution is -0.384. The van der Waals surface area contributed by atoms with E-state index in [4.69, 9.17) is 24.7 Å². The SMILES string of the molecule is N#CC1=C(N)Oc2cc3c(cc2[C@H]1c1cc(Br)c(OCc2cccc([N+](=O)[O-])c2)c(Br)c1)OCO3. The second-order valence-electron chi connectivity index (χ2n) is 7.70. The minimum absolute atomic E-state index is 0.00737. The number of nitro benzene ring substituents is 1. The number of nitriles is 1. The largest absolute Gasteiger partial charge is 0.487 e. The van der Waals surface area contributed by atoms with Gasteiger partial charge in [0.05, 0.1) is 19.8 Å². The van der Waals surface area contributed by atoms with Crippen molar-refractivity contribution in [1.82, 2.24) is 0 Å². The summed E-state index contributed by atoms with van der Waals surface area (Å²) in [4.78, 5) is 10.6. The lowest BCUT2D eigenvalue weighted by Crippen LogP contribution is -2.21. The summed E-state index contributed by atoms with van der Waals surface area (Å²) in [7, 11) is 0. The summed E-state index contributed by atoms with van der Waals surface area (Å²) in [5, 5.41) is 20.9. The fourth-order valence-corrected chi connectivity index (χ4v) is 5.44. The molecule has 1 atom stereocenters. The Morgan fingerprint density at radius 1 is 1.11 bits per heavy atom. The van der Waals surface area contributed by atoms with Crippen LogP contribution in [0.25, 0.3) is 0 Å². The average Bonchev–Trinajstić information content (AvgIpc) is 3.28. The quantitative estimate of drug-likeness (QED) is 0.294. The second kappa shape index (κ2) is 9.13. The van der Waals surface area contributed by atoms with Crippen molar-refractivity contribution in [2.45, 2.75) is 12.5 Å². The van der Waals surface area contributed by atoms with Gasteiger partial charge in [0.1, 0.15) is 29.7 Å². The van der Waals surface area contributed by atoms with E-state index in [0.717, 1.165) is 5.56 Å². The van der Waals surface area contributed by atoms with E-state index in [1.54, 1.807) is 24.3 Å². The summed E-state index contributed by atoms with van der Waals surface area (Å²) in [6.07, 6.45) is 0. The molecule has 2 aliphatic rings.